The summed E-state index contributed by atoms with van der Waals surface area (Å²) < 4.78 is 5.09. The molecule has 2 aliphatic heterocycles. The van der Waals surface area contributed by atoms with E-state index < -0.39 is 11.4 Å². The highest BCUT2D eigenvalue weighted by Gasteiger charge is 2.47. The topological polar surface area (TPSA) is 58.6 Å². The quantitative estimate of drug-likeness (QED) is 0.840. The van der Waals surface area contributed by atoms with E-state index in [1.807, 2.05) is 12.1 Å². The molecule has 2 aliphatic rings. The molecule has 0 spiro atoms. The van der Waals surface area contributed by atoms with E-state index in [1.54, 1.807) is 0 Å². The lowest BCUT2D eigenvalue weighted by atomic mass is 9.78. The van der Waals surface area contributed by atoms with Gasteiger partial charge in [0.1, 0.15) is 5.41 Å². The van der Waals surface area contributed by atoms with Gasteiger partial charge in [-0.3, -0.25) is 4.79 Å². The molecule has 96 valence electrons. The lowest BCUT2D eigenvalue weighted by molar-refractivity contribution is -0.163. The summed E-state index contributed by atoms with van der Waals surface area (Å²) >= 11 is 0. The molecule has 0 aromatic heterocycles. The van der Waals surface area contributed by atoms with Crippen LogP contribution in [0, 0.1) is 0 Å². The highest BCUT2D eigenvalue weighted by Crippen LogP contribution is 2.34. The van der Waals surface area contributed by atoms with Crippen molar-refractivity contribution in [2.75, 3.05) is 26.3 Å². The monoisotopic (exact) mass is 247 g/mol. The van der Waals surface area contributed by atoms with E-state index in [2.05, 4.69) is 17.4 Å². The van der Waals surface area contributed by atoms with Gasteiger partial charge in [0.2, 0.25) is 0 Å². The molecule has 18 heavy (non-hydrogen) atoms. The molecular formula is C14H17NO3. The van der Waals surface area contributed by atoms with E-state index in [1.165, 1.54) is 5.56 Å². The number of carboxylic acid groups (broad SMARTS) is 1. The Morgan fingerprint density at radius 2 is 2.06 bits per heavy atom. The summed E-state index contributed by atoms with van der Waals surface area (Å²) in [6, 6.07) is 8.03. The third-order valence-electron chi connectivity index (χ3n) is 4.10. The van der Waals surface area contributed by atoms with Crippen LogP contribution in [0.3, 0.4) is 0 Å². The van der Waals surface area contributed by atoms with Crippen LogP contribution in [0.2, 0.25) is 0 Å². The van der Waals surface area contributed by atoms with Crippen LogP contribution in [0.15, 0.2) is 24.3 Å². The Morgan fingerprint density at radius 1 is 1.33 bits per heavy atom. The Bertz CT molecular complexity index is 445. The summed E-state index contributed by atoms with van der Waals surface area (Å²) in [5.74, 6) is -0.221. The van der Waals surface area contributed by atoms with E-state index in [9.17, 15) is 9.90 Å². The van der Waals surface area contributed by atoms with Gasteiger partial charge >= 0.3 is 5.97 Å². The summed E-state index contributed by atoms with van der Waals surface area (Å²) in [6.45, 7) is 2.66. The zero-order chi connectivity index (χ0) is 12.6. The Hall–Kier alpha value is -1.39. The van der Waals surface area contributed by atoms with E-state index in [0.717, 1.165) is 25.1 Å². The number of hydrogen-bond acceptors (Lipinski definition) is 3. The molecular weight excluding hydrogens is 230 g/mol. The first-order valence-electron chi connectivity index (χ1n) is 6.35. The number of benzene rings is 1. The van der Waals surface area contributed by atoms with Crippen LogP contribution in [0.1, 0.15) is 23.5 Å². The first kappa shape index (κ1) is 11.7. The molecule has 1 aromatic carbocycles. The maximum Gasteiger partial charge on any atom is 0.318 e. The van der Waals surface area contributed by atoms with Gasteiger partial charge in [-0.05, 0) is 30.0 Å². The van der Waals surface area contributed by atoms with Crippen molar-refractivity contribution in [1.29, 1.82) is 0 Å². The summed E-state index contributed by atoms with van der Waals surface area (Å²) in [6.07, 6.45) is 1.16. The Morgan fingerprint density at radius 3 is 2.50 bits per heavy atom. The number of ether oxygens (including phenoxy) is 1. The maximum atomic E-state index is 11.4. The highest BCUT2D eigenvalue weighted by atomic mass is 16.5. The van der Waals surface area contributed by atoms with Crippen molar-refractivity contribution in [2.24, 2.45) is 0 Å². The van der Waals surface area contributed by atoms with Crippen molar-refractivity contribution >= 4 is 5.97 Å². The van der Waals surface area contributed by atoms with Crippen molar-refractivity contribution in [3.63, 3.8) is 0 Å². The maximum absolute atomic E-state index is 11.4. The van der Waals surface area contributed by atoms with Gasteiger partial charge in [-0.1, -0.05) is 24.3 Å². The van der Waals surface area contributed by atoms with Gasteiger partial charge < -0.3 is 15.2 Å². The number of rotatable bonds is 3. The molecule has 0 amide bonds. The van der Waals surface area contributed by atoms with Crippen LogP contribution in [0.5, 0.6) is 0 Å². The average Bonchev–Trinajstić information content (AvgIpc) is 2.81. The minimum absolute atomic E-state index is 0.284. The molecule has 0 radical (unpaired) electrons. The van der Waals surface area contributed by atoms with Gasteiger partial charge in [0.05, 0.1) is 13.2 Å². The van der Waals surface area contributed by atoms with E-state index in [4.69, 9.17) is 4.74 Å². The largest absolute Gasteiger partial charge is 0.480 e. The summed E-state index contributed by atoms with van der Waals surface area (Å²) in [4.78, 5) is 11.4. The van der Waals surface area contributed by atoms with Crippen molar-refractivity contribution in [2.45, 2.75) is 17.8 Å². The average molecular weight is 247 g/mol. The Labute approximate surface area is 106 Å². The van der Waals surface area contributed by atoms with Crippen LogP contribution in [0.4, 0.5) is 0 Å². The van der Waals surface area contributed by atoms with Crippen molar-refractivity contribution < 1.29 is 14.6 Å². The molecule has 0 aliphatic carbocycles. The smallest absolute Gasteiger partial charge is 0.318 e. The van der Waals surface area contributed by atoms with Gasteiger partial charge in [0, 0.05) is 6.54 Å². The molecule has 0 bridgehead atoms. The molecule has 2 fully saturated rings. The number of carboxylic acids is 1. The van der Waals surface area contributed by atoms with Crippen LogP contribution in [-0.2, 0) is 14.9 Å². The van der Waals surface area contributed by atoms with Crippen molar-refractivity contribution in [1.82, 2.24) is 5.32 Å². The molecule has 1 atom stereocenters. The summed E-state index contributed by atoms with van der Waals surface area (Å²) in [5.41, 5.74) is 1.34. The number of aliphatic carboxylic acids is 1. The van der Waals surface area contributed by atoms with E-state index >= 15 is 0 Å². The van der Waals surface area contributed by atoms with Gasteiger partial charge in [0.15, 0.2) is 0 Å². The Kier molecular flexibility index (Phi) is 2.84. The van der Waals surface area contributed by atoms with Crippen LogP contribution < -0.4 is 5.32 Å². The lowest BCUT2D eigenvalue weighted by Crippen LogP contribution is -2.53. The van der Waals surface area contributed by atoms with Gasteiger partial charge in [-0.25, -0.2) is 0 Å². The normalized spacial score (nSPS) is 25.7. The molecule has 4 nitrogen and oxygen atoms in total. The minimum Gasteiger partial charge on any atom is -0.480 e. The first-order chi connectivity index (χ1) is 8.72. The summed E-state index contributed by atoms with van der Waals surface area (Å²) in [7, 11) is 0. The van der Waals surface area contributed by atoms with Gasteiger partial charge in [-0.15, -0.1) is 0 Å². The minimum atomic E-state index is -0.813. The fraction of sp³-hybridized carbons (Fsp3) is 0.500. The number of nitrogens with one attached hydrogen (secondary N) is 1. The third kappa shape index (κ3) is 1.72. The molecule has 1 aromatic rings. The second-order valence-electron chi connectivity index (χ2n) is 5.19. The van der Waals surface area contributed by atoms with Crippen molar-refractivity contribution in [3.8, 4) is 0 Å². The number of hydrogen-bond donors (Lipinski definition) is 2. The standard InChI is InChI=1S/C14H17NO3/c16-13(17)14(8-18-9-14)12-3-1-10(2-4-12)11-5-6-15-7-11/h1-4,11,15H,5-9H2,(H,16,17). The molecule has 2 N–H and O–H groups in total. The van der Waals surface area contributed by atoms with Crippen LogP contribution in [-0.4, -0.2) is 37.4 Å². The van der Waals surface area contributed by atoms with Crippen LogP contribution in [0.25, 0.3) is 0 Å². The van der Waals surface area contributed by atoms with Gasteiger partial charge in [-0.2, -0.15) is 0 Å². The third-order valence-corrected chi connectivity index (χ3v) is 4.10. The zero-order valence-corrected chi connectivity index (χ0v) is 10.2. The molecule has 2 heterocycles. The fourth-order valence-electron chi connectivity index (χ4n) is 2.73. The van der Waals surface area contributed by atoms with E-state index in [-0.39, 0.29) is 13.2 Å². The highest BCUT2D eigenvalue weighted by molar-refractivity contribution is 5.82. The molecule has 0 saturated carbocycles. The van der Waals surface area contributed by atoms with E-state index in [0.29, 0.717) is 5.92 Å². The first-order valence-corrected chi connectivity index (χ1v) is 6.35. The molecule has 3 rings (SSSR count). The second kappa shape index (κ2) is 4.37. The SMILES string of the molecule is O=C(O)C1(c2ccc(C3CCNC3)cc2)COC1. The summed E-state index contributed by atoms with van der Waals surface area (Å²) in [5, 5.41) is 12.7. The Balaban J connectivity index is 1.84. The molecule has 1 unspecified atom stereocenters. The van der Waals surface area contributed by atoms with Crippen molar-refractivity contribution in [3.05, 3.63) is 35.4 Å². The predicted molar refractivity (Wildman–Crippen MR) is 66.8 cm³/mol. The van der Waals surface area contributed by atoms with Gasteiger partial charge in [0.25, 0.3) is 0 Å². The fourth-order valence-corrected chi connectivity index (χ4v) is 2.73. The van der Waals surface area contributed by atoms with Crippen LogP contribution >= 0.6 is 0 Å². The second-order valence-corrected chi connectivity index (χ2v) is 5.19. The number of carbonyl (C=O) groups is 1. The zero-order valence-electron chi connectivity index (χ0n) is 10.2. The predicted octanol–water partition coefficient (Wildman–Crippen LogP) is 1.12. The molecule has 2 saturated heterocycles. The molecule has 4 heteroatoms. The lowest BCUT2D eigenvalue weighted by Gasteiger charge is -2.37.